The lowest BCUT2D eigenvalue weighted by molar-refractivity contribution is -0.137. The Labute approximate surface area is 139 Å². The Balaban J connectivity index is 1.47. The van der Waals surface area contributed by atoms with Crippen molar-refractivity contribution in [3.05, 3.63) is 59.7 Å². The highest BCUT2D eigenvalue weighted by Crippen LogP contribution is 2.44. The zero-order valence-corrected chi connectivity index (χ0v) is 13.0. The Morgan fingerprint density at radius 3 is 2.29 bits per heavy atom. The molecule has 4 rings (SSSR count). The molecule has 1 aliphatic heterocycles. The third-order valence-corrected chi connectivity index (χ3v) is 4.52. The maximum Gasteiger partial charge on any atom is 0.407 e. The predicted octanol–water partition coefficient (Wildman–Crippen LogP) is 2.84. The molecule has 2 aromatic carbocycles. The largest absolute Gasteiger partial charge is 0.463 e. The summed E-state index contributed by atoms with van der Waals surface area (Å²) in [5, 5.41) is 2.67. The number of alkyl carbamates (subject to hydrolysis) is 1. The summed E-state index contributed by atoms with van der Waals surface area (Å²) in [5.74, 6) is -0.261. The molecule has 5 heteroatoms. The molecule has 0 aromatic heterocycles. The van der Waals surface area contributed by atoms with Gasteiger partial charge in [0.15, 0.2) is 0 Å². The lowest BCUT2D eigenvalue weighted by Crippen LogP contribution is -2.36. The second-order valence-corrected chi connectivity index (χ2v) is 6.05. The van der Waals surface area contributed by atoms with Crippen LogP contribution in [-0.4, -0.2) is 31.3 Å². The van der Waals surface area contributed by atoms with E-state index in [9.17, 15) is 9.59 Å². The Morgan fingerprint density at radius 1 is 1.08 bits per heavy atom. The number of amides is 1. The highest BCUT2D eigenvalue weighted by atomic mass is 16.6. The van der Waals surface area contributed by atoms with Gasteiger partial charge in [0.1, 0.15) is 13.2 Å². The first kappa shape index (κ1) is 14.8. The minimum atomic E-state index is -0.514. The summed E-state index contributed by atoms with van der Waals surface area (Å²) in [6.45, 7) is 0.477. The van der Waals surface area contributed by atoms with Crippen molar-refractivity contribution in [3.8, 4) is 11.1 Å². The number of hydrogen-bond acceptors (Lipinski definition) is 4. The standard InChI is InChI=1S/C19H17NO4/c21-18-9-12(10-23-18)20-19(22)24-11-17-15-7-3-1-5-13(15)14-6-2-4-8-16(14)17/h1-8,12,17H,9-11H2,(H,20,22)/t12-/m0/s1. The molecule has 0 bridgehead atoms. The quantitative estimate of drug-likeness (QED) is 0.882. The normalized spacial score (nSPS) is 18.7. The van der Waals surface area contributed by atoms with Gasteiger partial charge in [-0.25, -0.2) is 4.79 Å². The topological polar surface area (TPSA) is 64.6 Å². The first-order valence-corrected chi connectivity index (χ1v) is 7.99. The van der Waals surface area contributed by atoms with E-state index in [4.69, 9.17) is 9.47 Å². The summed E-state index contributed by atoms with van der Waals surface area (Å²) in [4.78, 5) is 23.0. The van der Waals surface area contributed by atoms with Crippen molar-refractivity contribution in [2.75, 3.05) is 13.2 Å². The van der Waals surface area contributed by atoms with Gasteiger partial charge in [0.25, 0.3) is 0 Å². The zero-order chi connectivity index (χ0) is 16.5. The Kier molecular flexibility index (Phi) is 3.69. The van der Waals surface area contributed by atoms with Gasteiger partial charge in [0.2, 0.25) is 0 Å². The molecular formula is C19H17NO4. The molecule has 0 radical (unpaired) electrons. The molecule has 5 nitrogen and oxygen atoms in total. The number of benzene rings is 2. The molecule has 1 saturated heterocycles. The van der Waals surface area contributed by atoms with Crippen LogP contribution in [0.3, 0.4) is 0 Å². The average molecular weight is 323 g/mol. The molecule has 0 unspecified atom stereocenters. The van der Waals surface area contributed by atoms with Gasteiger partial charge < -0.3 is 14.8 Å². The van der Waals surface area contributed by atoms with Gasteiger partial charge in [0.05, 0.1) is 12.5 Å². The molecule has 2 aromatic rings. The van der Waals surface area contributed by atoms with Crippen LogP contribution in [-0.2, 0) is 14.3 Å². The first-order chi connectivity index (χ1) is 11.7. The van der Waals surface area contributed by atoms with Crippen LogP contribution in [0.1, 0.15) is 23.5 Å². The van der Waals surface area contributed by atoms with Gasteiger partial charge in [0, 0.05) is 5.92 Å². The fourth-order valence-corrected chi connectivity index (χ4v) is 3.41. The van der Waals surface area contributed by atoms with Crippen molar-refractivity contribution in [1.29, 1.82) is 0 Å². The molecule has 1 atom stereocenters. The molecule has 1 fully saturated rings. The fourth-order valence-electron chi connectivity index (χ4n) is 3.41. The van der Waals surface area contributed by atoms with E-state index in [0.717, 1.165) is 0 Å². The van der Waals surface area contributed by atoms with E-state index < -0.39 is 6.09 Å². The second-order valence-electron chi connectivity index (χ2n) is 6.05. The molecule has 1 heterocycles. The molecule has 122 valence electrons. The lowest BCUT2D eigenvalue weighted by Gasteiger charge is -2.15. The van der Waals surface area contributed by atoms with Gasteiger partial charge in [-0.15, -0.1) is 0 Å². The van der Waals surface area contributed by atoms with Gasteiger partial charge in [-0.3, -0.25) is 4.79 Å². The predicted molar refractivity (Wildman–Crippen MR) is 87.6 cm³/mol. The number of ether oxygens (including phenoxy) is 2. The highest BCUT2D eigenvalue weighted by Gasteiger charge is 2.30. The molecule has 2 aliphatic rings. The van der Waals surface area contributed by atoms with Gasteiger partial charge in [-0.05, 0) is 22.3 Å². The fraction of sp³-hybridized carbons (Fsp3) is 0.263. The molecular weight excluding hydrogens is 306 g/mol. The molecule has 1 amide bonds. The van der Waals surface area contributed by atoms with Crippen molar-refractivity contribution in [1.82, 2.24) is 5.32 Å². The van der Waals surface area contributed by atoms with Crippen LogP contribution in [0.15, 0.2) is 48.5 Å². The van der Waals surface area contributed by atoms with Crippen molar-refractivity contribution in [2.24, 2.45) is 0 Å². The van der Waals surface area contributed by atoms with E-state index in [2.05, 4.69) is 29.6 Å². The molecule has 1 N–H and O–H groups in total. The van der Waals surface area contributed by atoms with Gasteiger partial charge in [-0.1, -0.05) is 48.5 Å². The van der Waals surface area contributed by atoms with E-state index in [1.165, 1.54) is 22.3 Å². The minimum Gasteiger partial charge on any atom is -0.463 e. The molecule has 0 spiro atoms. The van der Waals surface area contributed by atoms with E-state index in [0.29, 0.717) is 0 Å². The monoisotopic (exact) mass is 323 g/mol. The van der Waals surface area contributed by atoms with Crippen molar-refractivity contribution >= 4 is 12.1 Å². The van der Waals surface area contributed by atoms with Crippen LogP contribution in [0, 0.1) is 0 Å². The zero-order valence-electron chi connectivity index (χ0n) is 13.0. The van der Waals surface area contributed by atoms with E-state index in [-0.39, 0.29) is 37.6 Å². The summed E-state index contributed by atoms with van der Waals surface area (Å²) >= 11 is 0. The van der Waals surface area contributed by atoms with Crippen LogP contribution < -0.4 is 5.32 Å². The SMILES string of the molecule is O=C1C[C@H](NC(=O)OCC2c3ccccc3-c3ccccc32)CO1. The summed E-state index contributed by atoms with van der Waals surface area (Å²) in [5.41, 5.74) is 4.73. The number of esters is 1. The Hall–Kier alpha value is -2.82. The average Bonchev–Trinajstić information content (AvgIpc) is 3.14. The molecule has 1 aliphatic carbocycles. The number of carbonyl (C=O) groups excluding carboxylic acids is 2. The van der Waals surface area contributed by atoms with Crippen LogP contribution >= 0.6 is 0 Å². The van der Waals surface area contributed by atoms with Crippen molar-refractivity contribution < 1.29 is 19.1 Å². The minimum absolute atomic E-state index is 0.0320. The smallest absolute Gasteiger partial charge is 0.407 e. The third-order valence-electron chi connectivity index (χ3n) is 4.52. The maximum atomic E-state index is 12.0. The number of cyclic esters (lactones) is 1. The van der Waals surface area contributed by atoms with Crippen LogP contribution in [0.25, 0.3) is 11.1 Å². The number of carbonyl (C=O) groups is 2. The van der Waals surface area contributed by atoms with Crippen LogP contribution in [0.5, 0.6) is 0 Å². The van der Waals surface area contributed by atoms with E-state index in [1.807, 2.05) is 24.3 Å². The van der Waals surface area contributed by atoms with Crippen molar-refractivity contribution in [3.63, 3.8) is 0 Å². The van der Waals surface area contributed by atoms with E-state index >= 15 is 0 Å². The lowest BCUT2D eigenvalue weighted by atomic mass is 9.98. The Morgan fingerprint density at radius 2 is 1.71 bits per heavy atom. The van der Waals surface area contributed by atoms with Gasteiger partial charge >= 0.3 is 12.1 Å². The number of rotatable bonds is 3. The number of hydrogen-bond donors (Lipinski definition) is 1. The Bertz CT molecular complexity index is 756. The second kappa shape index (κ2) is 6.00. The van der Waals surface area contributed by atoms with Crippen LogP contribution in [0.2, 0.25) is 0 Å². The molecule has 24 heavy (non-hydrogen) atoms. The number of fused-ring (bicyclic) bond motifs is 3. The first-order valence-electron chi connectivity index (χ1n) is 7.99. The van der Waals surface area contributed by atoms with E-state index in [1.54, 1.807) is 0 Å². The summed E-state index contributed by atoms with van der Waals surface area (Å²) in [6, 6.07) is 16.1. The molecule has 0 saturated carbocycles. The summed E-state index contributed by atoms with van der Waals surface area (Å²) in [6.07, 6.45) is -0.315. The summed E-state index contributed by atoms with van der Waals surface area (Å²) < 4.78 is 10.2. The highest BCUT2D eigenvalue weighted by molar-refractivity contribution is 5.79. The third kappa shape index (κ3) is 2.62. The summed E-state index contributed by atoms with van der Waals surface area (Å²) in [7, 11) is 0. The van der Waals surface area contributed by atoms with Crippen molar-refractivity contribution in [2.45, 2.75) is 18.4 Å². The van der Waals surface area contributed by atoms with Gasteiger partial charge in [-0.2, -0.15) is 0 Å². The van der Waals surface area contributed by atoms with Crippen LogP contribution in [0.4, 0.5) is 4.79 Å². The number of nitrogens with one attached hydrogen (secondary N) is 1. The maximum absolute atomic E-state index is 12.0.